The molecule has 12 atom stereocenters. The molecule has 25 nitrogen and oxygen atoms in total. The van der Waals surface area contributed by atoms with Gasteiger partial charge in [-0.05, 0) is 98.9 Å². The van der Waals surface area contributed by atoms with Crippen LogP contribution in [0, 0.1) is 29.6 Å². The molecular weight excluding hydrogens is 1150 g/mol. The Morgan fingerprint density at radius 3 is 1.96 bits per heavy atom. The smallest absolute Gasteiger partial charge is 0.312 e. The number of primary amides is 1. The first-order valence-corrected chi connectivity index (χ1v) is 31.3. The molecule has 1 heterocycles. The summed E-state index contributed by atoms with van der Waals surface area (Å²) in [6.45, 7) is 18.7. The van der Waals surface area contributed by atoms with E-state index in [4.69, 9.17) is 25.8 Å². The molecule has 11 N–H and O–H groups in total. The van der Waals surface area contributed by atoms with E-state index in [9.17, 15) is 48.3 Å². The van der Waals surface area contributed by atoms with Gasteiger partial charge in [0, 0.05) is 53.5 Å². The number of rotatable bonds is 39. The minimum atomic E-state index is -1.08. The predicted molar refractivity (Wildman–Crippen MR) is 338 cm³/mol. The van der Waals surface area contributed by atoms with E-state index in [0.717, 1.165) is 0 Å². The Kier molecular flexibility index (Phi) is 33.1. The van der Waals surface area contributed by atoms with Crippen LogP contribution in [-0.2, 0) is 52.7 Å². The first-order valence-electron chi connectivity index (χ1n) is 31.3. The summed E-state index contributed by atoms with van der Waals surface area (Å²) >= 11 is 0. The van der Waals surface area contributed by atoms with Crippen molar-refractivity contribution in [1.82, 2.24) is 41.3 Å². The van der Waals surface area contributed by atoms with Crippen molar-refractivity contribution >= 4 is 59.0 Å². The van der Waals surface area contributed by atoms with Crippen LogP contribution in [0.25, 0.3) is 0 Å². The molecule has 1 fully saturated rings. The minimum absolute atomic E-state index is 0.0830. The summed E-state index contributed by atoms with van der Waals surface area (Å²) in [6, 6.07) is 8.75. The van der Waals surface area contributed by atoms with E-state index in [1.807, 2.05) is 45.9 Å². The fourth-order valence-electron chi connectivity index (χ4n) is 11.3. The highest BCUT2D eigenvalue weighted by Crippen LogP contribution is 2.31. The van der Waals surface area contributed by atoms with Crippen molar-refractivity contribution < 1.29 is 67.3 Å². The second kappa shape index (κ2) is 38.6. The van der Waals surface area contributed by atoms with Crippen LogP contribution in [0.15, 0.2) is 54.6 Å². The van der Waals surface area contributed by atoms with Crippen molar-refractivity contribution in [2.75, 3.05) is 59.9 Å². The highest BCUT2D eigenvalue weighted by Gasteiger charge is 2.44. The molecule has 0 spiro atoms. The Morgan fingerprint density at radius 1 is 0.730 bits per heavy atom. The van der Waals surface area contributed by atoms with E-state index in [2.05, 4.69) is 36.7 Å². The van der Waals surface area contributed by atoms with E-state index < -0.39 is 121 Å². The number of hydrogen-bond acceptors (Lipinski definition) is 15. The third-order valence-corrected chi connectivity index (χ3v) is 16.7. The van der Waals surface area contributed by atoms with Crippen molar-refractivity contribution in [2.24, 2.45) is 41.2 Å². The Balaban J connectivity index is 1.70. The molecule has 0 bridgehead atoms. The third-order valence-electron chi connectivity index (χ3n) is 16.7. The van der Waals surface area contributed by atoms with Gasteiger partial charge in [0.05, 0.1) is 55.4 Å². The molecule has 89 heavy (non-hydrogen) atoms. The van der Waals surface area contributed by atoms with Crippen LogP contribution in [0.4, 0.5) is 10.5 Å². The second-order valence-corrected chi connectivity index (χ2v) is 24.4. The number of aliphatic hydroxyl groups is 1. The highest BCUT2D eigenvalue weighted by atomic mass is 16.6. The molecule has 1 saturated heterocycles. The van der Waals surface area contributed by atoms with E-state index in [1.54, 1.807) is 82.7 Å². The fraction of sp³-hybridized carbons (Fsp3) is 0.672. The van der Waals surface area contributed by atoms with Crippen LogP contribution in [-0.4, -0.2) is 182 Å². The zero-order valence-corrected chi connectivity index (χ0v) is 55.0. The van der Waals surface area contributed by atoms with Crippen molar-refractivity contribution in [3.8, 4) is 5.75 Å². The topological polar surface area (TPSA) is 345 Å². The lowest BCUT2D eigenvalue weighted by Crippen LogP contribution is -2.60. The Morgan fingerprint density at radius 2 is 1.38 bits per heavy atom. The molecule has 1 aliphatic rings. The molecule has 500 valence electrons. The number of aliphatic hydroxyl groups excluding tert-OH is 1. The number of amides is 10. The number of benzene rings is 2. The Labute approximate surface area is 526 Å². The Bertz CT molecular complexity index is 2560. The maximum atomic E-state index is 14.8. The number of likely N-dealkylation sites (tertiary alicyclic amines) is 1. The highest BCUT2D eigenvalue weighted by molar-refractivity contribution is 5.98. The number of anilines is 1. The number of likely N-dealkylation sites (N-methyl/N-ethyl adjacent to an activating group) is 2. The van der Waals surface area contributed by atoms with Crippen LogP contribution in [0.3, 0.4) is 0 Å². The molecule has 0 unspecified atom stereocenters. The van der Waals surface area contributed by atoms with Gasteiger partial charge in [-0.1, -0.05) is 105 Å². The monoisotopic (exact) mass is 1250 g/mol. The van der Waals surface area contributed by atoms with Gasteiger partial charge in [-0.3, -0.25) is 38.4 Å². The van der Waals surface area contributed by atoms with E-state index in [1.165, 1.54) is 38.3 Å². The van der Waals surface area contributed by atoms with Gasteiger partial charge in [0.2, 0.25) is 41.4 Å². The van der Waals surface area contributed by atoms with Gasteiger partial charge < -0.3 is 76.5 Å². The minimum Gasteiger partial charge on any atom is -0.484 e. The van der Waals surface area contributed by atoms with Gasteiger partial charge in [0.1, 0.15) is 29.9 Å². The number of urea groups is 1. The number of unbranched alkanes of at least 4 members (excludes halogenated alkanes) is 2. The molecule has 1 aliphatic heterocycles. The number of carbonyl (C=O) groups is 9. The van der Waals surface area contributed by atoms with Gasteiger partial charge in [0.25, 0.3) is 5.91 Å². The molecular formula is C64H105N11O14. The maximum absolute atomic E-state index is 14.8. The van der Waals surface area contributed by atoms with Crippen molar-refractivity contribution in [1.29, 1.82) is 0 Å². The fourth-order valence-corrected chi connectivity index (χ4v) is 11.3. The number of carbonyl (C=O) groups excluding carboxylic acids is 9. The molecule has 3 rings (SSSR count). The van der Waals surface area contributed by atoms with Gasteiger partial charge >= 0.3 is 6.03 Å². The Hall–Kier alpha value is -6.93. The lowest BCUT2D eigenvalue weighted by molar-refractivity contribution is -0.149. The third kappa shape index (κ3) is 23.8. The van der Waals surface area contributed by atoms with Gasteiger partial charge in [-0.2, -0.15) is 0 Å². The number of nitrogens with zero attached hydrogens (tertiary/aromatic N) is 3. The molecule has 2 aromatic carbocycles. The summed E-state index contributed by atoms with van der Waals surface area (Å²) in [5.41, 5.74) is 6.23. The van der Waals surface area contributed by atoms with Gasteiger partial charge in [-0.15, -0.1) is 0 Å². The zero-order chi connectivity index (χ0) is 66.7. The average molecular weight is 1250 g/mol. The maximum Gasteiger partial charge on any atom is 0.312 e. The van der Waals surface area contributed by atoms with Gasteiger partial charge in [-0.25, -0.2) is 10.7 Å². The van der Waals surface area contributed by atoms with E-state index >= 15 is 0 Å². The normalized spacial score (nSPS) is 16.9. The summed E-state index contributed by atoms with van der Waals surface area (Å²) in [4.78, 5) is 132. The largest absolute Gasteiger partial charge is 0.484 e. The summed E-state index contributed by atoms with van der Waals surface area (Å²) < 4.78 is 17.9. The summed E-state index contributed by atoms with van der Waals surface area (Å²) in [7, 11) is 6.15. The van der Waals surface area contributed by atoms with Crippen LogP contribution < -0.4 is 48.3 Å². The van der Waals surface area contributed by atoms with Crippen molar-refractivity contribution in [3.63, 3.8) is 0 Å². The van der Waals surface area contributed by atoms with Crippen molar-refractivity contribution in [2.45, 2.75) is 194 Å². The first-order chi connectivity index (χ1) is 42.1. The number of nitrogens with one attached hydrogen (secondary N) is 6. The number of nitrogens with two attached hydrogens (primary N) is 2. The quantitative estimate of drug-likeness (QED) is 0.0333. The van der Waals surface area contributed by atoms with Crippen LogP contribution in [0.2, 0.25) is 0 Å². The van der Waals surface area contributed by atoms with E-state index in [0.29, 0.717) is 62.9 Å². The second-order valence-electron chi connectivity index (χ2n) is 24.4. The standard InChI is InChI=1S/C64H105N11O14/c1-15-41(8)56(49(86-13)36-51(77)75-34-23-27-48(75)58(87-14)42(9)59(80)68-43(10)57(79)44-24-18-16-19-25-44)74(12)63(84)54(39(4)5)72-62(83)55(40(6)7)73(11)52(78)37-88-46-31-29-45(30-32-46)69-60(81)47(26-22-33-67-64(65)85)70-61(82)53(38(2)3)71-50(76)28-20-17-21-35-89-66/h16,18-19,24-25,29-32,38-43,47-49,53-58,79H,15,17,20-23,26-28,33-37,66H2,1-14H3,(H,68,80)(H,69,81)(H,70,82)(H,71,76)(H,72,83)(H3,65,67,85)/t41-,42+,43+,47-,48-,49+,53-,54-,55-,56-,57+,58+/m0/s1. The van der Waals surface area contributed by atoms with Crippen LogP contribution >= 0.6 is 0 Å². The molecule has 25 heteroatoms. The molecule has 10 amide bonds. The number of ether oxygens (including phenoxy) is 3. The van der Waals surface area contributed by atoms with Crippen LogP contribution in [0.5, 0.6) is 5.75 Å². The number of hydrogen-bond donors (Lipinski definition) is 9. The predicted octanol–water partition coefficient (Wildman–Crippen LogP) is 4.31. The molecule has 2 aromatic rings. The summed E-state index contributed by atoms with van der Waals surface area (Å²) in [5, 5.41) is 27.6. The summed E-state index contributed by atoms with van der Waals surface area (Å²) in [6.07, 6.45) is 2.00. The first kappa shape index (κ1) is 76.3. The van der Waals surface area contributed by atoms with Crippen molar-refractivity contribution in [3.05, 3.63) is 60.2 Å². The van der Waals surface area contributed by atoms with Gasteiger partial charge in [0.15, 0.2) is 6.61 Å². The lowest BCUT2D eigenvalue weighted by atomic mass is 9.89. The average Bonchev–Trinajstić information content (AvgIpc) is 4.10. The lowest BCUT2D eigenvalue weighted by Gasteiger charge is -2.41. The molecule has 0 saturated carbocycles. The molecule has 0 aliphatic carbocycles. The zero-order valence-electron chi connectivity index (χ0n) is 55.0. The summed E-state index contributed by atoms with van der Waals surface area (Å²) in [5.74, 6) is -0.144. The van der Waals surface area contributed by atoms with Crippen LogP contribution in [0.1, 0.15) is 145 Å². The number of methoxy groups -OCH3 is 2. The SMILES string of the molecule is CC[C@H](C)[C@@H]([C@@H](CC(=O)N1CCC[C@H]1[C@H](OC)[C@@H](C)C(=O)N[C@H](C)[C@@H](O)c1ccccc1)OC)N(C)C(=O)[C@@H](NC(=O)[C@H](C(C)C)N(C)C(=O)COc1ccc(NC(=O)[C@H](CCCNC(N)=O)NC(=O)[C@@H](NC(=O)CCCCCON)C(C)C)cc1)C(C)C. The molecule has 0 aromatic heterocycles. The molecule has 0 radical (unpaired) electrons. The van der Waals surface area contributed by atoms with E-state index in [-0.39, 0.29) is 67.5 Å².